The Morgan fingerprint density at radius 3 is 3.05 bits per heavy atom. The standard InChI is InChI=1S/C17H22N4O/c22-17(9-8-13-5-4-10-18-11-13)19-12-16-14-6-2-1-3-7-15(14)20-21-16/h4-5,10-11H,1-3,6-9,12H2,(H,19,22)(H,20,21). The van der Waals surface area contributed by atoms with Crippen LogP contribution in [-0.2, 0) is 30.6 Å². The van der Waals surface area contributed by atoms with E-state index in [0.717, 1.165) is 30.5 Å². The predicted molar refractivity (Wildman–Crippen MR) is 84.3 cm³/mol. The van der Waals surface area contributed by atoms with Gasteiger partial charge in [0, 0.05) is 24.5 Å². The van der Waals surface area contributed by atoms with Gasteiger partial charge in [0.1, 0.15) is 0 Å². The SMILES string of the molecule is O=C(CCc1cccnc1)NCc1n[nH]c2c1CCCCC2. The maximum Gasteiger partial charge on any atom is 0.220 e. The van der Waals surface area contributed by atoms with Gasteiger partial charge in [-0.2, -0.15) is 5.10 Å². The molecule has 2 N–H and O–H groups in total. The lowest BCUT2D eigenvalue weighted by Crippen LogP contribution is -2.23. The lowest BCUT2D eigenvalue weighted by molar-refractivity contribution is -0.121. The monoisotopic (exact) mass is 298 g/mol. The number of amides is 1. The molecule has 0 radical (unpaired) electrons. The van der Waals surface area contributed by atoms with Crippen LogP contribution in [0.5, 0.6) is 0 Å². The number of aryl methyl sites for hydroxylation is 2. The molecule has 0 saturated heterocycles. The fourth-order valence-electron chi connectivity index (χ4n) is 2.95. The quantitative estimate of drug-likeness (QED) is 0.832. The van der Waals surface area contributed by atoms with Gasteiger partial charge in [0.25, 0.3) is 0 Å². The Bertz CT molecular complexity index is 621. The van der Waals surface area contributed by atoms with Gasteiger partial charge >= 0.3 is 0 Å². The van der Waals surface area contributed by atoms with Crippen LogP contribution in [0.2, 0.25) is 0 Å². The molecule has 0 bridgehead atoms. The minimum absolute atomic E-state index is 0.0641. The van der Waals surface area contributed by atoms with Gasteiger partial charge in [0.2, 0.25) is 5.91 Å². The highest BCUT2D eigenvalue weighted by Crippen LogP contribution is 2.21. The summed E-state index contributed by atoms with van der Waals surface area (Å²) in [4.78, 5) is 16.0. The van der Waals surface area contributed by atoms with Gasteiger partial charge in [-0.15, -0.1) is 0 Å². The van der Waals surface area contributed by atoms with Gasteiger partial charge in [-0.05, 0) is 49.3 Å². The van der Waals surface area contributed by atoms with Crippen molar-refractivity contribution in [3.8, 4) is 0 Å². The first kappa shape index (κ1) is 14.8. The molecule has 0 saturated carbocycles. The van der Waals surface area contributed by atoms with Gasteiger partial charge in [0.15, 0.2) is 0 Å². The molecule has 0 spiro atoms. The van der Waals surface area contributed by atoms with Crippen LogP contribution in [0.25, 0.3) is 0 Å². The number of hydrogen-bond donors (Lipinski definition) is 2. The van der Waals surface area contributed by atoms with E-state index >= 15 is 0 Å². The highest BCUT2D eigenvalue weighted by Gasteiger charge is 2.15. The number of H-pyrrole nitrogens is 1. The van der Waals surface area contributed by atoms with Crippen molar-refractivity contribution in [2.45, 2.75) is 51.5 Å². The van der Waals surface area contributed by atoms with E-state index in [-0.39, 0.29) is 5.91 Å². The van der Waals surface area contributed by atoms with Crippen molar-refractivity contribution in [1.29, 1.82) is 0 Å². The van der Waals surface area contributed by atoms with Crippen molar-refractivity contribution in [1.82, 2.24) is 20.5 Å². The van der Waals surface area contributed by atoms with E-state index in [1.807, 2.05) is 12.1 Å². The topological polar surface area (TPSA) is 70.7 Å². The second kappa shape index (κ2) is 7.20. The summed E-state index contributed by atoms with van der Waals surface area (Å²) in [5, 5.41) is 10.5. The molecule has 1 amide bonds. The summed E-state index contributed by atoms with van der Waals surface area (Å²) in [5.41, 5.74) is 4.68. The van der Waals surface area contributed by atoms with Crippen molar-refractivity contribution in [2.24, 2.45) is 0 Å². The summed E-state index contributed by atoms with van der Waals surface area (Å²) in [6.07, 6.45) is 10.6. The fourth-order valence-corrected chi connectivity index (χ4v) is 2.95. The molecule has 0 unspecified atom stereocenters. The number of nitrogens with one attached hydrogen (secondary N) is 2. The van der Waals surface area contributed by atoms with Gasteiger partial charge in [-0.1, -0.05) is 12.5 Å². The zero-order chi connectivity index (χ0) is 15.2. The number of fused-ring (bicyclic) bond motifs is 1. The number of carbonyl (C=O) groups is 1. The number of aromatic nitrogens is 3. The molecular weight excluding hydrogens is 276 g/mol. The minimum atomic E-state index is 0.0641. The summed E-state index contributed by atoms with van der Waals surface area (Å²) in [6, 6.07) is 3.89. The summed E-state index contributed by atoms with van der Waals surface area (Å²) in [5.74, 6) is 0.0641. The van der Waals surface area contributed by atoms with Crippen LogP contribution in [0.1, 0.15) is 48.2 Å². The van der Waals surface area contributed by atoms with E-state index in [4.69, 9.17) is 0 Å². The Labute approximate surface area is 130 Å². The van der Waals surface area contributed by atoms with Gasteiger partial charge in [-0.3, -0.25) is 14.9 Å². The van der Waals surface area contributed by atoms with E-state index in [1.165, 1.54) is 30.5 Å². The number of aromatic amines is 1. The maximum atomic E-state index is 12.0. The third kappa shape index (κ3) is 3.72. The van der Waals surface area contributed by atoms with E-state index < -0.39 is 0 Å². The Balaban J connectivity index is 1.50. The van der Waals surface area contributed by atoms with Gasteiger partial charge in [-0.25, -0.2) is 0 Å². The average Bonchev–Trinajstić information content (AvgIpc) is 2.78. The Kier molecular flexibility index (Phi) is 4.83. The lowest BCUT2D eigenvalue weighted by atomic mass is 10.1. The largest absolute Gasteiger partial charge is 0.350 e. The second-order valence-corrected chi connectivity index (χ2v) is 5.83. The minimum Gasteiger partial charge on any atom is -0.350 e. The zero-order valence-electron chi connectivity index (χ0n) is 12.8. The summed E-state index contributed by atoms with van der Waals surface area (Å²) in [6.45, 7) is 0.526. The number of hydrogen-bond acceptors (Lipinski definition) is 3. The molecule has 0 aromatic carbocycles. The van der Waals surface area contributed by atoms with E-state index in [2.05, 4.69) is 20.5 Å². The first-order valence-electron chi connectivity index (χ1n) is 8.03. The third-order valence-electron chi connectivity index (χ3n) is 4.21. The lowest BCUT2D eigenvalue weighted by Gasteiger charge is -2.05. The van der Waals surface area contributed by atoms with Crippen molar-refractivity contribution >= 4 is 5.91 Å². The van der Waals surface area contributed by atoms with Crippen LogP contribution < -0.4 is 5.32 Å². The molecule has 1 aliphatic rings. The van der Waals surface area contributed by atoms with Crippen LogP contribution in [0, 0.1) is 0 Å². The van der Waals surface area contributed by atoms with E-state index in [0.29, 0.717) is 13.0 Å². The number of carbonyl (C=O) groups excluding carboxylic acids is 1. The highest BCUT2D eigenvalue weighted by atomic mass is 16.1. The number of nitrogens with zero attached hydrogens (tertiary/aromatic N) is 2. The highest BCUT2D eigenvalue weighted by molar-refractivity contribution is 5.76. The zero-order valence-corrected chi connectivity index (χ0v) is 12.8. The van der Waals surface area contributed by atoms with Crippen molar-refractivity contribution in [2.75, 3.05) is 0 Å². The molecule has 2 heterocycles. The maximum absolute atomic E-state index is 12.0. The van der Waals surface area contributed by atoms with Crippen LogP contribution in [0.3, 0.4) is 0 Å². The summed E-state index contributed by atoms with van der Waals surface area (Å²) >= 11 is 0. The Morgan fingerprint density at radius 1 is 1.27 bits per heavy atom. The number of pyridine rings is 1. The summed E-state index contributed by atoms with van der Waals surface area (Å²) < 4.78 is 0. The predicted octanol–water partition coefficient (Wildman–Crippen LogP) is 2.32. The van der Waals surface area contributed by atoms with Gasteiger partial charge < -0.3 is 5.32 Å². The van der Waals surface area contributed by atoms with Crippen molar-refractivity contribution in [3.05, 3.63) is 47.0 Å². The van der Waals surface area contributed by atoms with Crippen molar-refractivity contribution < 1.29 is 4.79 Å². The molecular formula is C17H22N4O. The molecule has 2 aromatic rings. The molecule has 5 nitrogen and oxygen atoms in total. The van der Waals surface area contributed by atoms with Crippen LogP contribution >= 0.6 is 0 Å². The molecule has 22 heavy (non-hydrogen) atoms. The smallest absolute Gasteiger partial charge is 0.220 e. The third-order valence-corrected chi connectivity index (χ3v) is 4.21. The molecule has 0 atom stereocenters. The molecule has 0 aliphatic heterocycles. The first-order chi connectivity index (χ1) is 10.8. The van der Waals surface area contributed by atoms with Gasteiger partial charge in [0.05, 0.1) is 12.2 Å². The molecule has 0 fully saturated rings. The number of rotatable bonds is 5. The fraction of sp³-hybridized carbons (Fsp3) is 0.471. The molecule has 2 aromatic heterocycles. The Hall–Kier alpha value is -2.17. The molecule has 1 aliphatic carbocycles. The molecule has 116 valence electrons. The van der Waals surface area contributed by atoms with E-state index in [1.54, 1.807) is 12.4 Å². The first-order valence-corrected chi connectivity index (χ1v) is 8.03. The van der Waals surface area contributed by atoms with E-state index in [9.17, 15) is 4.79 Å². The molecule has 3 rings (SSSR count). The van der Waals surface area contributed by atoms with Crippen LogP contribution in [0.15, 0.2) is 24.5 Å². The van der Waals surface area contributed by atoms with Crippen LogP contribution in [-0.4, -0.2) is 21.1 Å². The summed E-state index contributed by atoms with van der Waals surface area (Å²) in [7, 11) is 0. The second-order valence-electron chi connectivity index (χ2n) is 5.83. The van der Waals surface area contributed by atoms with Crippen molar-refractivity contribution in [3.63, 3.8) is 0 Å². The average molecular weight is 298 g/mol. The Morgan fingerprint density at radius 2 is 2.18 bits per heavy atom. The molecule has 5 heteroatoms. The van der Waals surface area contributed by atoms with Crippen LogP contribution in [0.4, 0.5) is 0 Å². The normalized spacial score (nSPS) is 14.2.